The highest BCUT2D eigenvalue weighted by atomic mass is 32.2. The van der Waals surface area contributed by atoms with Crippen LogP contribution in [0, 0.1) is 0 Å². The first kappa shape index (κ1) is 20.5. The molecule has 1 unspecified atom stereocenters. The first-order valence-electron chi connectivity index (χ1n) is 9.20. The molecule has 1 atom stereocenters. The highest BCUT2D eigenvalue weighted by Crippen LogP contribution is 2.18. The zero-order valence-corrected chi connectivity index (χ0v) is 17.4. The van der Waals surface area contributed by atoms with Gasteiger partial charge in [-0.25, -0.2) is 27.6 Å². The molecule has 0 saturated heterocycles. The van der Waals surface area contributed by atoms with E-state index in [4.69, 9.17) is 4.42 Å². The van der Waals surface area contributed by atoms with Crippen molar-refractivity contribution in [2.24, 2.45) is 0 Å². The largest absolute Gasteiger partial charge is 0.431 e. The molecule has 0 N–H and O–H groups in total. The maximum Gasteiger partial charge on any atom is 0.340 e. The number of hydrogen-bond acceptors (Lipinski definition) is 7. The smallest absolute Gasteiger partial charge is 0.340 e. The van der Waals surface area contributed by atoms with E-state index in [0.29, 0.717) is 0 Å². The summed E-state index contributed by atoms with van der Waals surface area (Å²) >= 11 is 0. The van der Waals surface area contributed by atoms with Gasteiger partial charge in [-0.2, -0.15) is 0 Å². The fourth-order valence-corrected chi connectivity index (χ4v) is 4.07. The number of nitrogens with zero attached hydrogens (tertiary/aromatic N) is 3. The van der Waals surface area contributed by atoms with Crippen LogP contribution in [0.25, 0.3) is 16.7 Å². The number of aromatic nitrogens is 3. The van der Waals surface area contributed by atoms with Gasteiger partial charge >= 0.3 is 11.3 Å². The molecule has 31 heavy (non-hydrogen) atoms. The molecule has 0 amide bonds. The number of rotatable bonds is 4. The standard InChI is InChI=1S/C21H17N3O6S/c1-13(16-9-5-11-30-20(16)26)23-19(25)17-8-4-10-22-18(17)24(21(23)27)14-6-3-7-15(12-14)31(2,28)29/h3-13H,1-2H3. The van der Waals surface area contributed by atoms with Crippen molar-refractivity contribution in [1.82, 2.24) is 14.1 Å². The van der Waals surface area contributed by atoms with E-state index in [9.17, 15) is 22.8 Å². The normalized spacial score (nSPS) is 12.7. The molecule has 0 aliphatic rings. The van der Waals surface area contributed by atoms with Crippen LogP contribution >= 0.6 is 0 Å². The van der Waals surface area contributed by atoms with Gasteiger partial charge in [-0.1, -0.05) is 6.07 Å². The van der Waals surface area contributed by atoms with Crippen molar-refractivity contribution in [3.05, 3.63) is 97.8 Å². The molecule has 1 aromatic carbocycles. The second-order valence-electron chi connectivity index (χ2n) is 6.97. The lowest BCUT2D eigenvalue weighted by Gasteiger charge is -2.18. The molecule has 4 rings (SSSR count). The zero-order chi connectivity index (χ0) is 22.3. The Morgan fingerprint density at radius 1 is 1.03 bits per heavy atom. The van der Waals surface area contributed by atoms with E-state index >= 15 is 0 Å². The number of benzene rings is 1. The highest BCUT2D eigenvalue weighted by molar-refractivity contribution is 7.90. The Morgan fingerprint density at radius 3 is 2.52 bits per heavy atom. The summed E-state index contributed by atoms with van der Waals surface area (Å²) in [5.74, 6) is 0. The summed E-state index contributed by atoms with van der Waals surface area (Å²) in [4.78, 5) is 43.0. The zero-order valence-electron chi connectivity index (χ0n) is 16.6. The summed E-state index contributed by atoms with van der Waals surface area (Å²) in [5.41, 5.74) is -1.64. The SMILES string of the molecule is CC(c1cccoc1=O)n1c(=O)c2cccnc2n(-c2cccc(S(C)(=O)=O)c2)c1=O. The van der Waals surface area contributed by atoms with E-state index in [1.54, 1.807) is 12.1 Å². The Bertz CT molecular complexity index is 1600. The van der Waals surface area contributed by atoms with Crippen LogP contribution in [-0.2, 0) is 9.84 Å². The summed E-state index contributed by atoms with van der Waals surface area (Å²) in [7, 11) is -3.54. The van der Waals surface area contributed by atoms with E-state index in [-0.39, 0.29) is 27.2 Å². The maximum absolute atomic E-state index is 13.5. The van der Waals surface area contributed by atoms with Crippen molar-refractivity contribution in [1.29, 1.82) is 0 Å². The summed E-state index contributed by atoms with van der Waals surface area (Å²) in [5, 5.41) is 0.138. The fourth-order valence-electron chi connectivity index (χ4n) is 3.41. The average Bonchev–Trinajstić information content (AvgIpc) is 2.74. The van der Waals surface area contributed by atoms with Gasteiger partial charge in [-0.05, 0) is 49.4 Å². The minimum Gasteiger partial charge on any atom is -0.431 e. The van der Waals surface area contributed by atoms with Crippen molar-refractivity contribution in [3.8, 4) is 5.69 Å². The Morgan fingerprint density at radius 2 is 1.81 bits per heavy atom. The highest BCUT2D eigenvalue weighted by Gasteiger charge is 2.22. The van der Waals surface area contributed by atoms with Crippen molar-refractivity contribution >= 4 is 20.9 Å². The van der Waals surface area contributed by atoms with E-state index in [1.165, 1.54) is 55.8 Å². The summed E-state index contributed by atoms with van der Waals surface area (Å²) in [6.45, 7) is 1.54. The van der Waals surface area contributed by atoms with Gasteiger partial charge < -0.3 is 4.42 Å². The second kappa shape index (κ2) is 7.47. The predicted octanol–water partition coefficient (Wildman–Crippen LogP) is 1.51. The predicted molar refractivity (Wildman–Crippen MR) is 114 cm³/mol. The molecule has 10 heteroatoms. The van der Waals surface area contributed by atoms with Gasteiger partial charge in [-0.15, -0.1) is 0 Å². The van der Waals surface area contributed by atoms with E-state index in [2.05, 4.69) is 4.98 Å². The molecule has 0 fully saturated rings. The fraction of sp³-hybridized carbons (Fsp3) is 0.143. The Labute approximate surface area is 175 Å². The average molecular weight is 439 g/mol. The Balaban J connectivity index is 2.11. The van der Waals surface area contributed by atoms with E-state index in [0.717, 1.165) is 15.4 Å². The third-order valence-electron chi connectivity index (χ3n) is 4.95. The van der Waals surface area contributed by atoms with Crippen LogP contribution in [0.3, 0.4) is 0 Å². The van der Waals surface area contributed by atoms with Gasteiger partial charge in [0.1, 0.15) is 0 Å². The molecule has 4 aromatic rings. The van der Waals surface area contributed by atoms with E-state index in [1.807, 2.05) is 0 Å². The van der Waals surface area contributed by atoms with E-state index < -0.39 is 32.8 Å². The molecule has 158 valence electrons. The van der Waals surface area contributed by atoms with Crippen LogP contribution in [0.4, 0.5) is 0 Å². The van der Waals surface area contributed by atoms with Crippen LogP contribution in [0.15, 0.2) is 84.7 Å². The molecule has 0 aliphatic carbocycles. The lowest BCUT2D eigenvalue weighted by molar-refractivity contribution is 0.476. The van der Waals surface area contributed by atoms with Crippen molar-refractivity contribution < 1.29 is 12.8 Å². The Hall–Kier alpha value is -3.79. The van der Waals surface area contributed by atoms with Gasteiger partial charge in [0.05, 0.1) is 33.8 Å². The molecule has 0 radical (unpaired) electrons. The van der Waals surface area contributed by atoms with Gasteiger partial charge in [-0.3, -0.25) is 9.36 Å². The molecule has 0 aliphatic heterocycles. The third-order valence-corrected chi connectivity index (χ3v) is 6.06. The monoisotopic (exact) mass is 439 g/mol. The molecule has 0 saturated carbocycles. The second-order valence-corrected chi connectivity index (χ2v) is 8.98. The lowest BCUT2D eigenvalue weighted by atomic mass is 10.1. The molecule has 0 spiro atoms. The number of pyridine rings is 1. The number of fused-ring (bicyclic) bond motifs is 1. The summed E-state index contributed by atoms with van der Waals surface area (Å²) in [6, 6.07) is 10.9. The first-order chi connectivity index (χ1) is 14.7. The number of sulfone groups is 1. The van der Waals surface area contributed by atoms with Crippen LogP contribution in [0.1, 0.15) is 18.5 Å². The van der Waals surface area contributed by atoms with Gasteiger partial charge in [0.2, 0.25) is 0 Å². The molecule has 9 nitrogen and oxygen atoms in total. The number of hydrogen-bond donors (Lipinski definition) is 0. The molecule has 3 aromatic heterocycles. The van der Waals surface area contributed by atoms with Crippen molar-refractivity contribution in [2.45, 2.75) is 17.9 Å². The van der Waals surface area contributed by atoms with Crippen LogP contribution in [0.5, 0.6) is 0 Å². The molecular weight excluding hydrogens is 422 g/mol. The maximum atomic E-state index is 13.5. The van der Waals surface area contributed by atoms with Crippen LogP contribution in [-0.4, -0.2) is 28.8 Å². The van der Waals surface area contributed by atoms with Gasteiger partial charge in [0.15, 0.2) is 15.5 Å². The van der Waals surface area contributed by atoms with Crippen molar-refractivity contribution in [2.75, 3.05) is 6.26 Å². The minimum atomic E-state index is -3.54. The third kappa shape index (κ3) is 3.50. The van der Waals surface area contributed by atoms with Gasteiger partial charge in [0, 0.05) is 12.5 Å². The van der Waals surface area contributed by atoms with Crippen LogP contribution in [0.2, 0.25) is 0 Å². The van der Waals surface area contributed by atoms with Crippen LogP contribution < -0.4 is 16.9 Å². The minimum absolute atomic E-state index is 0.00971. The quantitative estimate of drug-likeness (QED) is 0.472. The molecule has 0 bridgehead atoms. The lowest BCUT2D eigenvalue weighted by Crippen LogP contribution is -2.42. The topological polar surface area (TPSA) is 121 Å². The van der Waals surface area contributed by atoms with Gasteiger partial charge in [0.25, 0.3) is 5.56 Å². The summed E-state index contributed by atoms with van der Waals surface area (Å²) < 4.78 is 31.0. The summed E-state index contributed by atoms with van der Waals surface area (Å²) in [6.07, 6.45) is 3.70. The first-order valence-corrected chi connectivity index (χ1v) is 11.1. The Kier molecular flexibility index (Phi) is 4.94. The molecule has 3 heterocycles. The van der Waals surface area contributed by atoms with Crippen molar-refractivity contribution in [3.63, 3.8) is 0 Å². The molecular formula is C21H17N3O6S.